The molecule has 7 heteroatoms. The van der Waals surface area contributed by atoms with Crippen molar-refractivity contribution in [1.29, 1.82) is 5.26 Å². The van der Waals surface area contributed by atoms with Crippen LogP contribution >= 0.6 is 0 Å². The first kappa shape index (κ1) is 16.1. The second-order valence-corrected chi connectivity index (χ2v) is 5.79. The van der Waals surface area contributed by atoms with Crippen molar-refractivity contribution in [3.63, 3.8) is 0 Å². The number of carbonyl (C=O) groups is 1. The number of nitrogens with one attached hydrogen (secondary N) is 1. The summed E-state index contributed by atoms with van der Waals surface area (Å²) in [5.74, 6) is -0.271. The summed E-state index contributed by atoms with van der Waals surface area (Å²) in [4.78, 5) is 13.3. The molecule has 6 nitrogen and oxygen atoms in total. The fraction of sp³-hybridized carbons (Fsp3) is 0.385. The lowest BCUT2D eigenvalue weighted by molar-refractivity contribution is -0.129. The summed E-state index contributed by atoms with van der Waals surface area (Å²) in [7, 11) is -3.74. The highest BCUT2D eigenvalue weighted by Gasteiger charge is 2.17. The molecular formula is C13H17N3O3S. The molecule has 1 aromatic rings. The lowest BCUT2D eigenvalue weighted by Crippen LogP contribution is -2.39. The van der Waals surface area contributed by atoms with Gasteiger partial charge in [-0.05, 0) is 38.1 Å². The van der Waals surface area contributed by atoms with Gasteiger partial charge in [0.1, 0.15) is 0 Å². The Bertz CT molecular complexity index is 599. The molecule has 0 saturated carbocycles. The Morgan fingerprint density at radius 2 is 1.80 bits per heavy atom. The predicted octanol–water partition coefficient (Wildman–Crippen LogP) is 0.705. The van der Waals surface area contributed by atoms with Crippen LogP contribution in [0.2, 0.25) is 0 Å². The number of amides is 1. The number of nitriles is 1. The quantitative estimate of drug-likeness (QED) is 0.836. The summed E-state index contributed by atoms with van der Waals surface area (Å²) in [6, 6.07) is 7.42. The summed E-state index contributed by atoms with van der Waals surface area (Å²) < 4.78 is 26.2. The maximum Gasteiger partial charge on any atom is 0.241 e. The lowest BCUT2D eigenvalue weighted by Gasteiger charge is -2.18. The molecule has 0 atom stereocenters. The smallest absolute Gasteiger partial charge is 0.241 e. The largest absolute Gasteiger partial charge is 0.342 e. The van der Waals surface area contributed by atoms with E-state index in [1.165, 1.54) is 24.3 Å². The molecule has 0 unspecified atom stereocenters. The first-order chi connectivity index (χ1) is 9.44. The van der Waals surface area contributed by atoms with Crippen LogP contribution in [0.4, 0.5) is 0 Å². The van der Waals surface area contributed by atoms with Crippen molar-refractivity contribution in [2.75, 3.05) is 19.6 Å². The maximum atomic E-state index is 12.0. The molecule has 0 bridgehead atoms. The molecule has 0 aliphatic carbocycles. The number of rotatable bonds is 6. The maximum absolute atomic E-state index is 12.0. The van der Waals surface area contributed by atoms with Gasteiger partial charge in [-0.1, -0.05) is 0 Å². The van der Waals surface area contributed by atoms with E-state index >= 15 is 0 Å². The Kier molecular flexibility index (Phi) is 5.67. The molecule has 0 spiro atoms. The first-order valence-corrected chi connectivity index (χ1v) is 7.70. The van der Waals surface area contributed by atoms with Gasteiger partial charge < -0.3 is 4.90 Å². The van der Waals surface area contributed by atoms with Crippen LogP contribution in [0.15, 0.2) is 29.2 Å². The average Bonchev–Trinajstić information content (AvgIpc) is 2.46. The second kappa shape index (κ2) is 7.03. The van der Waals surface area contributed by atoms with Crippen LogP contribution < -0.4 is 4.72 Å². The molecule has 1 N–H and O–H groups in total. The van der Waals surface area contributed by atoms with Crippen LogP contribution in [0, 0.1) is 11.3 Å². The number of likely N-dealkylation sites (N-methyl/N-ethyl adjacent to an activating group) is 1. The number of benzene rings is 1. The van der Waals surface area contributed by atoms with Crippen LogP contribution in [0.5, 0.6) is 0 Å². The van der Waals surface area contributed by atoms with Crippen LogP contribution in [-0.2, 0) is 14.8 Å². The third kappa shape index (κ3) is 4.05. The van der Waals surface area contributed by atoms with Gasteiger partial charge in [-0.3, -0.25) is 4.79 Å². The zero-order chi connectivity index (χ0) is 15.2. The molecular weight excluding hydrogens is 278 g/mol. The average molecular weight is 295 g/mol. The van der Waals surface area contributed by atoms with Gasteiger partial charge >= 0.3 is 0 Å². The van der Waals surface area contributed by atoms with Crippen molar-refractivity contribution in [3.05, 3.63) is 29.8 Å². The number of hydrogen-bond donors (Lipinski definition) is 1. The lowest BCUT2D eigenvalue weighted by atomic mass is 10.2. The van der Waals surface area contributed by atoms with Gasteiger partial charge in [0.05, 0.1) is 23.1 Å². The molecule has 0 fully saturated rings. The SMILES string of the molecule is CCN(CC)C(=O)CNS(=O)(=O)c1ccc(C#N)cc1. The van der Waals surface area contributed by atoms with Gasteiger partial charge in [0, 0.05) is 13.1 Å². The highest BCUT2D eigenvalue weighted by atomic mass is 32.2. The van der Waals surface area contributed by atoms with Gasteiger partial charge in [-0.15, -0.1) is 0 Å². The van der Waals surface area contributed by atoms with E-state index in [0.29, 0.717) is 18.7 Å². The van der Waals surface area contributed by atoms with E-state index in [4.69, 9.17) is 5.26 Å². The molecule has 1 amide bonds. The molecule has 0 aromatic heterocycles. The van der Waals surface area contributed by atoms with Crippen molar-refractivity contribution in [2.45, 2.75) is 18.7 Å². The fourth-order valence-electron chi connectivity index (χ4n) is 1.64. The minimum Gasteiger partial charge on any atom is -0.342 e. The van der Waals surface area contributed by atoms with Gasteiger partial charge in [-0.25, -0.2) is 13.1 Å². The molecule has 0 aliphatic rings. The van der Waals surface area contributed by atoms with Crippen LogP contribution in [0.25, 0.3) is 0 Å². The van der Waals surface area contributed by atoms with E-state index in [9.17, 15) is 13.2 Å². The molecule has 1 aromatic carbocycles. The minimum absolute atomic E-state index is 0.0313. The second-order valence-electron chi connectivity index (χ2n) is 4.03. The van der Waals surface area contributed by atoms with E-state index < -0.39 is 10.0 Å². The van der Waals surface area contributed by atoms with Crippen molar-refractivity contribution >= 4 is 15.9 Å². The Balaban J connectivity index is 2.75. The zero-order valence-corrected chi connectivity index (χ0v) is 12.3. The summed E-state index contributed by atoms with van der Waals surface area (Å²) in [5, 5.41) is 8.66. The van der Waals surface area contributed by atoms with Gasteiger partial charge in [0.15, 0.2) is 0 Å². The number of nitrogens with zero attached hydrogens (tertiary/aromatic N) is 2. The standard InChI is InChI=1S/C13H17N3O3S/c1-3-16(4-2)13(17)10-15-20(18,19)12-7-5-11(9-14)6-8-12/h5-8,15H,3-4,10H2,1-2H3. The monoisotopic (exact) mass is 295 g/mol. The molecule has 1 rings (SSSR count). The summed E-state index contributed by atoms with van der Waals surface area (Å²) >= 11 is 0. The molecule has 20 heavy (non-hydrogen) atoms. The Morgan fingerprint density at radius 1 is 1.25 bits per heavy atom. The van der Waals surface area contributed by atoms with E-state index in [1.54, 1.807) is 4.90 Å². The summed E-state index contributed by atoms with van der Waals surface area (Å²) in [6.45, 7) is 4.46. The van der Waals surface area contributed by atoms with Crippen molar-refractivity contribution in [2.24, 2.45) is 0 Å². The number of hydrogen-bond acceptors (Lipinski definition) is 4. The normalized spacial score (nSPS) is 10.8. The summed E-state index contributed by atoms with van der Waals surface area (Å²) in [6.07, 6.45) is 0. The molecule has 0 heterocycles. The fourth-order valence-corrected chi connectivity index (χ4v) is 2.61. The van der Waals surface area contributed by atoms with Gasteiger partial charge in [0.25, 0.3) is 0 Å². The highest BCUT2D eigenvalue weighted by Crippen LogP contribution is 2.09. The predicted molar refractivity (Wildman–Crippen MR) is 74.3 cm³/mol. The number of carbonyl (C=O) groups excluding carboxylic acids is 1. The molecule has 0 saturated heterocycles. The molecule has 108 valence electrons. The molecule has 0 radical (unpaired) electrons. The van der Waals surface area contributed by atoms with Crippen molar-refractivity contribution < 1.29 is 13.2 Å². The zero-order valence-electron chi connectivity index (χ0n) is 11.5. The van der Waals surface area contributed by atoms with Crippen LogP contribution in [-0.4, -0.2) is 38.9 Å². The van der Waals surface area contributed by atoms with Crippen LogP contribution in [0.3, 0.4) is 0 Å². The van der Waals surface area contributed by atoms with Crippen molar-refractivity contribution in [3.8, 4) is 6.07 Å². The third-order valence-corrected chi connectivity index (χ3v) is 4.24. The first-order valence-electron chi connectivity index (χ1n) is 6.22. The third-order valence-electron chi connectivity index (χ3n) is 2.82. The molecule has 0 aliphatic heterocycles. The van der Waals surface area contributed by atoms with Crippen molar-refractivity contribution in [1.82, 2.24) is 9.62 Å². The van der Waals surface area contributed by atoms with E-state index in [-0.39, 0.29) is 17.3 Å². The van der Waals surface area contributed by atoms with Gasteiger partial charge in [-0.2, -0.15) is 5.26 Å². The van der Waals surface area contributed by atoms with E-state index in [0.717, 1.165) is 0 Å². The number of sulfonamides is 1. The van der Waals surface area contributed by atoms with E-state index in [2.05, 4.69) is 4.72 Å². The van der Waals surface area contributed by atoms with E-state index in [1.807, 2.05) is 19.9 Å². The Labute approximate surface area is 119 Å². The minimum atomic E-state index is -3.74. The van der Waals surface area contributed by atoms with Gasteiger partial charge in [0.2, 0.25) is 15.9 Å². The highest BCUT2D eigenvalue weighted by molar-refractivity contribution is 7.89. The summed E-state index contributed by atoms with van der Waals surface area (Å²) in [5.41, 5.74) is 0.378. The van der Waals surface area contributed by atoms with Crippen LogP contribution in [0.1, 0.15) is 19.4 Å². The topological polar surface area (TPSA) is 90.3 Å². The Hall–Kier alpha value is -1.91. The Morgan fingerprint density at radius 3 is 2.25 bits per heavy atom.